The van der Waals surface area contributed by atoms with Crippen molar-refractivity contribution >= 4 is 11.9 Å². The van der Waals surface area contributed by atoms with Gasteiger partial charge in [-0.2, -0.15) is 0 Å². The molecule has 4 nitrogen and oxygen atoms in total. The summed E-state index contributed by atoms with van der Waals surface area (Å²) in [4.78, 5) is 26.3. The van der Waals surface area contributed by atoms with Gasteiger partial charge in [0.25, 0.3) is 5.91 Å². The van der Waals surface area contributed by atoms with Crippen molar-refractivity contribution in [1.82, 2.24) is 4.90 Å². The molecule has 1 amide bonds. The Morgan fingerprint density at radius 1 is 1.30 bits per heavy atom. The Morgan fingerprint density at radius 3 is 2.55 bits per heavy atom. The zero-order valence-electron chi connectivity index (χ0n) is 12.3. The van der Waals surface area contributed by atoms with E-state index in [0.29, 0.717) is 25.1 Å². The molecule has 0 N–H and O–H groups in total. The van der Waals surface area contributed by atoms with E-state index >= 15 is 0 Å². The van der Waals surface area contributed by atoms with Crippen molar-refractivity contribution in [2.24, 2.45) is 0 Å². The highest BCUT2D eigenvalue weighted by Gasteiger charge is 2.36. The van der Waals surface area contributed by atoms with Crippen LogP contribution in [0.25, 0.3) is 0 Å². The number of hydrogen-bond donors (Lipinski definition) is 0. The first kappa shape index (κ1) is 14.6. The molecule has 0 spiro atoms. The first-order valence-corrected chi connectivity index (χ1v) is 7.10. The predicted molar refractivity (Wildman–Crippen MR) is 76.6 cm³/mol. The molecular formula is C16H21NO3. The molecule has 0 aliphatic carbocycles. The Balaban J connectivity index is 2.26. The molecule has 1 aromatic rings. The lowest BCUT2D eigenvalue weighted by Crippen LogP contribution is -2.41. The maximum Gasteiger partial charge on any atom is 0.328 e. The van der Waals surface area contributed by atoms with Crippen molar-refractivity contribution < 1.29 is 14.3 Å². The Kier molecular flexibility index (Phi) is 4.42. The fraction of sp³-hybridized carbons (Fsp3) is 0.500. The Labute approximate surface area is 119 Å². The minimum Gasteiger partial charge on any atom is -0.464 e. The molecule has 1 saturated heterocycles. The van der Waals surface area contributed by atoms with Gasteiger partial charge in [-0.15, -0.1) is 0 Å². The number of amides is 1. The molecule has 0 saturated carbocycles. The summed E-state index contributed by atoms with van der Waals surface area (Å²) in [6.07, 6.45) is 1.54. The highest BCUT2D eigenvalue weighted by Crippen LogP contribution is 2.24. The van der Waals surface area contributed by atoms with Crippen LogP contribution in [0.4, 0.5) is 0 Å². The fourth-order valence-electron chi connectivity index (χ4n) is 2.79. The molecule has 0 aromatic heterocycles. The number of aryl methyl sites for hydroxylation is 2. The van der Waals surface area contributed by atoms with Gasteiger partial charge in [-0.3, -0.25) is 4.79 Å². The normalized spacial score (nSPS) is 18.1. The van der Waals surface area contributed by atoms with Crippen LogP contribution in [-0.2, 0) is 9.53 Å². The zero-order valence-corrected chi connectivity index (χ0v) is 12.3. The van der Waals surface area contributed by atoms with Crippen molar-refractivity contribution in [3.8, 4) is 0 Å². The molecule has 0 radical (unpaired) electrons. The van der Waals surface area contributed by atoms with E-state index in [-0.39, 0.29) is 11.9 Å². The number of benzene rings is 1. The van der Waals surface area contributed by atoms with E-state index in [1.807, 2.05) is 32.0 Å². The second-order valence-electron chi connectivity index (χ2n) is 5.18. The van der Waals surface area contributed by atoms with Gasteiger partial charge in [0.2, 0.25) is 0 Å². The fourth-order valence-corrected chi connectivity index (χ4v) is 2.79. The molecule has 1 aliphatic heterocycles. The SMILES string of the molecule is CCOC(=O)C1CCCN1C(=O)c1c(C)cccc1C. The number of likely N-dealkylation sites (tertiary alicyclic amines) is 1. The lowest BCUT2D eigenvalue weighted by Gasteiger charge is -2.24. The highest BCUT2D eigenvalue weighted by atomic mass is 16.5. The standard InChI is InChI=1S/C16H21NO3/c1-4-20-16(19)13-9-6-10-17(13)15(18)14-11(2)7-5-8-12(14)3/h5,7-8,13H,4,6,9-10H2,1-3H3. The van der Waals surface area contributed by atoms with Crippen LogP contribution in [0.5, 0.6) is 0 Å². The minimum atomic E-state index is -0.429. The van der Waals surface area contributed by atoms with Crippen molar-refractivity contribution in [3.05, 3.63) is 34.9 Å². The van der Waals surface area contributed by atoms with Crippen LogP contribution >= 0.6 is 0 Å². The molecule has 1 unspecified atom stereocenters. The summed E-state index contributed by atoms with van der Waals surface area (Å²) < 4.78 is 5.07. The third-order valence-corrected chi connectivity index (χ3v) is 3.77. The van der Waals surface area contributed by atoms with Gasteiger partial charge in [0.05, 0.1) is 6.61 Å². The van der Waals surface area contributed by atoms with E-state index < -0.39 is 6.04 Å². The van der Waals surface area contributed by atoms with E-state index in [4.69, 9.17) is 4.74 Å². The summed E-state index contributed by atoms with van der Waals surface area (Å²) in [5.41, 5.74) is 2.61. The summed E-state index contributed by atoms with van der Waals surface area (Å²) in [6.45, 7) is 6.60. The summed E-state index contributed by atoms with van der Waals surface area (Å²) in [7, 11) is 0. The number of carbonyl (C=O) groups is 2. The molecule has 1 heterocycles. The van der Waals surface area contributed by atoms with Gasteiger partial charge in [-0.05, 0) is 44.7 Å². The van der Waals surface area contributed by atoms with Gasteiger partial charge < -0.3 is 9.64 Å². The average molecular weight is 275 g/mol. The van der Waals surface area contributed by atoms with Crippen LogP contribution in [0.2, 0.25) is 0 Å². The van der Waals surface area contributed by atoms with E-state index in [2.05, 4.69) is 0 Å². The molecule has 1 aromatic carbocycles. The third-order valence-electron chi connectivity index (χ3n) is 3.77. The van der Waals surface area contributed by atoms with Crippen LogP contribution in [0.15, 0.2) is 18.2 Å². The van der Waals surface area contributed by atoms with Crippen LogP contribution in [0, 0.1) is 13.8 Å². The first-order chi connectivity index (χ1) is 9.56. The lowest BCUT2D eigenvalue weighted by atomic mass is 10.0. The monoisotopic (exact) mass is 275 g/mol. The van der Waals surface area contributed by atoms with Crippen molar-refractivity contribution in [3.63, 3.8) is 0 Å². The van der Waals surface area contributed by atoms with Gasteiger partial charge in [0.15, 0.2) is 0 Å². The molecule has 108 valence electrons. The van der Waals surface area contributed by atoms with Gasteiger partial charge in [0, 0.05) is 12.1 Å². The molecular weight excluding hydrogens is 254 g/mol. The van der Waals surface area contributed by atoms with Crippen molar-refractivity contribution in [2.75, 3.05) is 13.2 Å². The Morgan fingerprint density at radius 2 is 1.95 bits per heavy atom. The molecule has 1 fully saturated rings. The maximum absolute atomic E-state index is 12.7. The maximum atomic E-state index is 12.7. The van der Waals surface area contributed by atoms with Crippen LogP contribution in [0.3, 0.4) is 0 Å². The van der Waals surface area contributed by atoms with Crippen LogP contribution < -0.4 is 0 Å². The highest BCUT2D eigenvalue weighted by molar-refractivity contribution is 5.99. The quantitative estimate of drug-likeness (QED) is 0.796. The van der Waals surface area contributed by atoms with Gasteiger partial charge >= 0.3 is 5.97 Å². The van der Waals surface area contributed by atoms with Crippen molar-refractivity contribution in [1.29, 1.82) is 0 Å². The number of hydrogen-bond acceptors (Lipinski definition) is 3. The summed E-state index contributed by atoms with van der Waals surface area (Å²) in [5, 5.41) is 0. The number of ether oxygens (including phenoxy) is 1. The number of carbonyl (C=O) groups excluding carboxylic acids is 2. The zero-order chi connectivity index (χ0) is 14.7. The third kappa shape index (κ3) is 2.69. The van der Waals surface area contributed by atoms with E-state index in [0.717, 1.165) is 17.5 Å². The molecule has 20 heavy (non-hydrogen) atoms. The van der Waals surface area contributed by atoms with Crippen LogP contribution in [0.1, 0.15) is 41.3 Å². The Hall–Kier alpha value is -1.84. The largest absolute Gasteiger partial charge is 0.464 e. The number of rotatable bonds is 3. The van der Waals surface area contributed by atoms with Gasteiger partial charge in [-0.1, -0.05) is 18.2 Å². The molecule has 0 bridgehead atoms. The molecule has 4 heteroatoms. The summed E-state index contributed by atoms with van der Waals surface area (Å²) in [5.74, 6) is -0.347. The van der Waals surface area contributed by atoms with Gasteiger partial charge in [0.1, 0.15) is 6.04 Å². The van der Waals surface area contributed by atoms with Crippen molar-refractivity contribution in [2.45, 2.75) is 39.7 Å². The second kappa shape index (κ2) is 6.07. The summed E-state index contributed by atoms with van der Waals surface area (Å²) >= 11 is 0. The van der Waals surface area contributed by atoms with E-state index in [9.17, 15) is 9.59 Å². The molecule has 1 aliphatic rings. The molecule has 2 rings (SSSR count). The van der Waals surface area contributed by atoms with E-state index in [1.165, 1.54) is 0 Å². The molecule has 1 atom stereocenters. The average Bonchev–Trinajstić information content (AvgIpc) is 2.87. The number of esters is 1. The van der Waals surface area contributed by atoms with Crippen LogP contribution in [-0.4, -0.2) is 36.0 Å². The Bertz CT molecular complexity index is 504. The van der Waals surface area contributed by atoms with E-state index in [1.54, 1.807) is 11.8 Å². The number of nitrogens with zero attached hydrogens (tertiary/aromatic N) is 1. The summed E-state index contributed by atoms with van der Waals surface area (Å²) in [6, 6.07) is 5.36. The van der Waals surface area contributed by atoms with Gasteiger partial charge in [-0.25, -0.2) is 4.79 Å². The second-order valence-corrected chi connectivity index (χ2v) is 5.18. The smallest absolute Gasteiger partial charge is 0.328 e. The minimum absolute atomic E-state index is 0.0591. The lowest BCUT2D eigenvalue weighted by molar-refractivity contribution is -0.147. The first-order valence-electron chi connectivity index (χ1n) is 7.10. The topological polar surface area (TPSA) is 46.6 Å². The predicted octanol–water partition coefficient (Wildman–Crippen LogP) is 2.47.